The van der Waals surface area contributed by atoms with Crippen LogP contribution < -0.4 is 11.3 Å². The van der Waals surface area contributed by atoms with Crippen LogP contribution in [-0.2, 0) is 0 Å². The van der Waals surface area contributed by atoms with Gasteiger partial charge in [0.15, 0.2) is 0 Å². The van der Waals surface area contributed by atoms with E-state index in [-0.39, 0.29) is 6.04 Å². The van der Waals surface area contributed by atoms with E-state index >= 15 is 0 Å². The van der Waals surface area contributed by atoms with Gasteiger partial charge in [0, 0.05) is 6.04 Å². The fourth-order valence-corrected chi connectivity index (χ4v) is 2.03. The summed E-state index contributed by atoms with van der Waals surface area (Å²) in [4.78, 5) is 0. The van der Waals surface area contributed by atoms with E-state index in [9.17, 15) is 0 Å². The first-order valence-electron chi connectivity index (χ1n) is 6.46. The summed E-state index contributed by atoms with van der Waals surface area (Å²) >= 11 is 0. The van der Waals surface area contributed by atoms with E-state index in [0.717, 1.165) is 17.8 Å². The van der Waals surface area contributed by atoms with Gasteiger partial charge in [0.1, 0.15) is 0 Å². The van der Waals surface area contributed by atoms with Crippen LogP contribution in [0.25, 0.3) is 0 Å². The fourth-order valence-electron chi connectivity index (χ4n) is 2.03. The smallest absolute Gasteiger partial charge is 0.0648 e. The molecule has 3 N–H and O–H groups in total. The number of aryl methyl sites for hydroxylation is 2. The van der Waals surface area contributed by atoms with Crippen molar-refractivity contribution in [1.29, 1.82) is 0 Å². The van der Waals surface area contributed by atoms with E-state index in [1.807, 2.05) is 13.8 Å². The van der Waals surface area contributed by atoms with Gasteiger partial charge in [0.2, 0.25) is 0 Å². The Labute approximate surface area is 104 Å². The minimum absolute atomic E-state index is 0.195. The lowest BCUT2D eigenvalue weighted by atomic mass is 9.99. The highest BCUT2D eigenvalue weighted by molar-refractivity contribution is 5.23. The Hall–Kier alpha value is -1.00. The number of hydrogen-bond acceptors (Lipinski definition) is 4. The molecule has 0 bridgehead atoms. The van der Waals surface area contributed by atoms with Crippen LogP contribution in [0.4, 0.5) is 0 Å². The van der Waals surface area contributed by atoms with E-state index in [0.29, 0.717) is 0 Å². The summed E-state index contributed by atoms with van der Waals surface area (Å²) < 4.78 is 0. The lowest BCUT2D eigenvalue weighted by Gasteiger charge is -2.17. The number of nitrogens with zero attached hydrogens (tertiary/aromatic N) is 2. The van der Waals surface area contributed by atoms with Gasteiger partial charge in [-0.25, -0.2) is 0 Å². The number of hydrazine groups is 1. The Morgan fingerprint density at radius 2 is 2.00 bits per heavy atom. The van der Waals surface area contributed by atoms with Crippen molar-refractivity contribution < 1.29 is 0 Å². The number of unbranched alkanes of at least 4 members (excludes halogenated alkanes) is 3. The molecule has 0 spiro atoms. The molecule has 0 aromatic carbocycles. The second-order valence-electron chi connectivity index (χ2n) is 4.60. The maximum Gasteiger partial charge on any atom is 0.0648 e. The molecule has 4 nitrogen and oxygen atoms in total. The van der Waals surface area contributed by atoms with Gasteiger partial charge >= 0.3 is 0 Å². The van der Waals surface area contributed by atoms with Crippen molar-refractivity contribution in [2.75, 3.05) is 0 Å². The Balaban J connectivity index is 2.62. The summed E-state index contributed by atoms with van der Waals surface area (Å²) in [6.07, 6.45) is 6.08. The molecule has 0 radical (unpaired) electrons. The maximum atomic E-state index is 5.64. The topological polar surface area (TPSA) is 63.8 Å². The van der Waals surface area contributed by atoms with Crippen LogP contribution in [0.3, 0.4) is 0 Å². The van der Waals surface area contributed by atoms with E-state index < -0.39 is 0 Å². The average Bonchev–Trinajstić information content (AvgIpc) is 2.33. The van der Waals surface area contributed by atoms with Crippen LogP contribution in [0, 0.1) is 13.8 Å². The number of nitrogens with one attached hydrogen (secondary N) is 1. The summed E-state index contributed by atoms with van der Waals surface area (Å²) in [7, 11) is 0. The summed E-state index contributed by atoms with van der Waals surface area (Å²) in [6, 6.07) is 2.27. The third kappa shape index (κ3) is 4.40. The first kappa shape index (κ1) is 14.1. The van der Waals surface area contributed by atoms with Crippen molar-refractivity contribution in [1.82, 2.24) is 15.6 Å². The predicted molar refractivity (Wildman–Crippen MR) is 70.3 cm³/mol. The molecule has 1 heterocycles. The molecule has 1 rings (SSSR count). The van der Waals surface area contributed by atoms with Gasteiger partial charge in [-0.15, -0.1) is 0 Å². The Morgan fingerprint density at radius 3 is 2.65 bits per heavy atom. The molecular weight excluding hydrogens is 212 g/mol. The molecular formula is C13H24N4. The molecule has 96 valence electrons. The number of hydrogen-bond donors (Lipinski definition) is 2. The molecule has 17 heavy (non-hydrogen) atoms. The first-order chi connectivity index (χ1) is 8.19. The quantitative estimate of drug-likeness (QED) is 0.434. The minimum atomic E-state index is 0.195. The van der Waals surface area contributed by atoms with E-state index in [1.54, 1.807) is 0 Å². The summed E-state index contributed by atoms with van der Waals surface area (Å²) in [5.41, 5.74) is 5.98. The molecule has 4 heteroatoms. The van der Waals surface area contributed by atoms with Gasteiger partial charge in [-0.2, -0.15) is 10.2 Å². The van der Waals surface area contributed by atoms with E-state index in [2.05, 4.69) is 28.6 Å². The van der Waals surface area contributed by atoms with Crippen LogP contribution in [0.5, 0.6) is 0 Å². The van der Waals surface area contributed by atoms with Crippen molar-refractivity contribution in [3.05, 3.63) is 23.0 Å². The maximum absolute atomic E-state index is 5.64. The van der Waals surface area contributed by atoms with Crippen LogP contribution >= 0.6 is 0 Å². The zero-order valence-corrected chi connectivity index (χ0v) is 11.2. The van der Waals surface area contributed by atoms with Crippen LogP contribution in [-0.4, -0.2) is 10.2 Å². The van der Waals surface area contributed by atoms with Crippen LogP contribution in [0.15, 0.2) is 6.07 Å². The largest absolute Gasteiger partial charge is 0.271 e. The average molecular weight is 236 g/mol. The molecule has 1 unspecified atom stereocenters. The van der Waals surface area contributed by atoms with Gasteiger partial charge in [0.25, 0.3) is 0 Å². The molecule has 1 aromatic rings. The van der Waals surface area contributed by atoms with Gasteiger partial charge < -0.3 is 0 Å². The zero-order chi connectivity index (χ0) is 12.7. The molecule has 0 amide bonds. The lowest BCUT2D eigenvalue weighted by Crippen LogP contribution is -2.29. The van der Waals surface area contributed by atoms with Gasteiger partial charge in [0.05, 0.1) is 11.4 Å². The van der Waals surface area contributed by atoms with Crippen molar-refractivity contribution in [2.45, 2.75) is 58.9 Å². The highest BCUT2D eigenvalue weighted by atomic mass is 15.2. The molecule has 1 atom stereocenters. The van der Waals surface area contributed by atoms with Gasteiger partial charge in [-0.1, -0.05) is 32.6 Å². The van der Waals surface area contributed by atoms with Gasteiger partial charge in [-0.3, -0.25) is 11.3 Å². The normalized spacial score (nSPS) is 12.7. The molecule has 0 aliphatic carbocycles. The molecule has 1 aromatic heterocycles. The van der Waals surface area contributed by atoms with Crippen LogP contribution in [0.1, 0.15) is 62.0 Å². The second-order valence-corrected chi connectivity index (χ2v) is 4.60. The predicted octanol–water partition coefficient (Wildman–Crippen LogP) is 2.57. The summed E-state index contributed by atoms with van der Waals surface area (Å²) in [6.45, 7) is 6.16. The Bertz CT molecular complexity index is 338. The Kier molecular flexibility index (Phi) is 6.08. The first-order valence-corrected chi connectivity index (χ1v) is 6.46. The lowest BCUT2D eigenvalue weighted by molar-refractivity contribution is 0.477. The highest BCUT2D eigenvalue weighted by Gasteiger charge is 2.13. The third-order valence-corrected chi connectivity index (χ3v) is 3.06. The molecule has 0 saturated carbocycles. The van der Waals surface area contributed by atoms with Gasteiger partial charge in [-0.05, 0) is 31.9 Å². The van der Waals surface area contributed by atoms with Crippen LogP contribution in [0.2, 0.25) is 0 Å². The molecule has 0 aliphatic heterocycles. The molecule has 0 aliphatic rings. The minimum Gasteiger partial charge on any atom is -0.271 e. The molecule has 0 fully saturated rings. The summed E-state index contributed by atoms with van der Waals surface area (Å²) in [5, 5.41) is 8.19. The number of rotatable bonds is 7. The monoisotopic (exact) mass is 236 g/mol. The number of nitrogens with two attached hydrogens (primary N) is 1. The summed E-state index contributed by atoms with van der Waals surface area (Å²) in [5.74, 6) is 5.64. The van der Waals surface area contributed by atoms with E-state index in [4.69, 9.17) is 5.84 Å². The zero-order valence-electron chi connectivity index (χ0n) is 11.2. The van der Waals surface area contributed by atoms with Crippen molar-refractivity contribution in [3.8, 4) is 0 Å². The van der Waals surface area contributed by atoms with Crippen molar-refractivity contribution in [2.24, 2.45) is 5.84 Å². The third-order valence-electron chi connectivity index (χ3n) is 3.06. The second kappa shape index (κ2) is 7.35. The Morgan fingerprint density at radius 1 is 1.24 bits per heavy atom. The highest BCUT2D eigenvalue weighted by Crippen LogP contribution is 2.21. The SMILES string of the molecule is CCCCCCC(NN)c1cc(C)nnc1C. The molecule has 0 saturated heterocycles. The van der Waals surface area contributed by atoms with E-state index in [1.165, 1.54) is 31.2 Å². The number of aromatic nitrogens is 2. The standard InChI is InChI=1S/C13H24N4/c1-4-5-6-7-8-13(15-14)12-9-10(2)16-17-11(12)3/h9,13,15H,4-8,14H2,1-3H3. The van der Waals surface area contributed by atoms with Crippen molar-refractivity contribution in [3.63, 3.8) is 0 Å². The van der Waals surface area contributed by atoms with Crippen molar-refractivity contribution >= 4 is 0 Å². The fraction of sp³-hybridized carbons (Fsp3) is 0.692.